The molecule has 1 heterocycles. The minimum atomic E-state index is -0.750. The predicted molar refractivity (Wildman–Crippen MR) is 129 cm³/mol. The molecule has 8 heteroatoms. The molecule has 0 saturated carbocycles. The molecule has 182 valence electrons. The third-order valence-corrected chi connectivity index (χ3v) is 6.79. The van der Waals surface area contributed by atoms with Crippen molar-refractivity contribution in [1.82, 2.24) is 20.9 Å². The molecule has 2 aliphatic rings. The number of rotatable bonds is 9. The van der Waals surface area contributed by atoms with Crippen molar-refractivity contribution in [3.8, 4) is 12.3 Å². The first-order valence-corrected chi connectivity index (χ1v) is 12.0. The van der Waals surface area contributed by atoms with E-state index in [1.54, 1.807) is 4.90 Å². The van der Waals surface area contributed by atoms with Gasteiger partial charge in [0.25, 0.3) is 0 Å². The number of carbonyl (C=O) groups excluding carboxylic acids is 4. The molecule has 3 atom stereocenters. The largest absolute Gasteiger partial charge is 0.345 e. The molecule has 8 nitrogen and oxygen atoms in total. The highest BCUT2D eigenvalue weighted by molar-refractivity contribution is 5.94. The number of fused-ring (bicyclic) bond motifs is 1. The van der Waals surface area contributed by atoms with Crippen molar-refractivity contribution in [3.05, 3.63) is 35.4 Å². The molecule has 3 rings (SSSR count). The Kier molecular flexibility index (Phi) is 8.69. The van der Waals surface area contributed by atoms with Crippen LogP contribution in [0.15, 0.2) is 24.3 Å². The van der Waals surface area contributed by atoms with E-state index in [9.17, 15) is 19.2 Å². The Hall–Kier alpha value is -3.34. The fourth-order valence-corrected chi connectivity index (χ4v) is 4.96. The van der Waals surface area contributed by atoms with E-state index < -0.39 is 24.2 Å². The van der Waals surface area contributed by atoms with Gasteiger partial charge >= 0.3 is 6.03 Å². The average Bonchev–Trinajstić information content (AvgIpc) is 3.48. The number of hydrogen-bond donors (Lipinski definition) is 3. The van der Waals surface area contributed by atoms with Crippen molar-refractivity contribution < 1.29 is 19.2 Å². The number of urea groups is 1. The fourth-order valence-electron chi connectivity index (χ4n) is 4.96. The van der Waals surface area contributed by atoms with Crippen LogP contribution >= 0.6 is 0 Å². The Balaban J connectivity index is 1.73. The first-order valence-electron chi connectivity index (χ1n) is 12.0. The highest BCUT2D eigenvalue weighted by atomic mass is 16.2. The van der Waals surface area contributed by atoms with E-state index in [4.69, 9.17) is 6.42 Å². The van der Waals surface area contributed by atoms with Crippen LogP contribution in [0.5, 0.6) is 0 Å². The van der Waals surface area contributed by atoms with Crippen molar-refractivity contribution in [2.75, 3.05) is 13.6 Å². The van der Waals surface area contributed by atoms with Crippen LogP contribution in [-0.4, -0.2) is 60.2 Å². The summed E-state index contributed by atoms with van der Waals surface area (Å²) in [6, 6.07) is 5.57. The number of carbonyl (C=O) groups is 4. The molecule has 1 fully saturated rings. The van der Waals surface area contributed by atoms with Crippen LogP contribution in [-0.2, 0) is 27.2 Å². The molecule has 3 unspecified atom stereocenters. The number of amides is 4. The lowest BCUT2D eigenvalue weighted by atomic mass is 9.95. The summed E-state index contributed by atoms with van der Waals surface area (Å²) >= 11 is 0. The maximum atomic E-state index is 13.7. The Morgan fingerprint density at radius 1 is 1.15 bits per heavy atom. The SMILES string of the molecule is C#CCCCC(NC(=O)C1CCCN1C(=O)C(NC(=O)NC)C1Cc2ccccc2C1)C(C)=O. The monoisotopic (exact) mass is 466 g/mol. The van der Waals surface area contributed by atoms with Crippen molar-refractivity contribution in [2.45, 2.75) is 70.0 Å². The topological polar surface area (TPSA) is 108 Å². The molecule has 0 radical (unpaired) electrons. The second-order valence-corrected chi connectivity index (χ2v) is 9.10. The maximum absolute atomic E-state index is 13.7. The highest BCUT2D eigenvalue weighted by Gasteiger charge is 2.42. The summed E-state index contributed by atoms with van der Waals surface area (Å²) in [5.74, 6) is 1.72. The molecular formula is C26H34N4O4. The lowest BCUT2D eigenvalue weighted by Gasteiger charge is -2.32. The summed E-state index contributed by atoms with van der Waals surface area (Å²) in [4.78, 5) is 52.6. The van der Waals surface area contributed by atoms with Gasteiger partial charge in [-0.2, -0.15) is 0 Å². The summed E-state index contributed by atoms with van der Waals surface area (Å²) in [6.07, 6.45) is 9.49. The highest BCUT2D eigenvalue weighted by Crippen LogP contribution is 2.31. The second-order valence-electron chi connectivity index (χ2n) is 9.10. The lowest BCUT2D eigenvalue weighted by Crippen LogP contribution is -2.58. The van der Waals surface area contributed by atoms with Crippen LogP contribution in [0.25, 0.3) is 0 Å². The fraction of sp³-hybridized carbons (Fsp3) is 0.538. The molecule has 34 heavy (non-hydrogen) atoms. The molecule has 1 aromatic carbocycles. The summed E-state index contributed by atoms with van der Waals surface area (Å²) < 4.78 is 0. The molecule has 0 spiro atoms. The van der Waals surface area contributed by atoms with Gasteiger partial charge < -0.3 is 20.9 Å². The Morgan fingerprint density at radius 3 is 2.41 bits per heavy atom. The number of hydrogen-bond acceptors (Lipinski definition) is 4. The van der Waals surface area contributed by atoms with E-state index in [0.717, 1.165) is 0 Å². The van der Waals surface area contributed by atoms with Crippen LogP contribution in [0.2, 0.25) is 0 Å². The van der Waals surface area contributed by atoms with E-state index in [-0.39, 0.29) is 23.5 Å². The van der Waals surface area contributed by atoms with Gasteiger partial charge in [-0.15, -0.1) is 12.3 Å². The second kappa shape index (κ2) is 11.7. The third-order valence-electron chi connectivity index (χ3n) is 6.79. The van der Waals surface area contributed by atoms with Crippen molar-refractivity contribution >= 4 is 23.6 Å². The van der Waals surface area contributed by atoms with Gasteiger partial charge in [-0.3, -0.25) is 14.4 Å². The average molecular weight is 467 g/mol. The summed E-state index contributed by atoms with van der Waals surface area (Å²) in [6.45, 7) is 1.88. The van der Waals surface area contributed by atoms with Gasteiger partial charge in [-0.25, -0.2) is 4.79 Å². The number of nitrogens with zero attached hydrogens (tertiary/aromatic N) is 1. The van der Waals surface area contributed by atoms with Crippen LogP contribution in [0, 0.1) is 18.3 Å². The van der Waals surface area contributed by atoms with E-state index in [2.05, 4.69) is 21.9 Å². The van der Waals surface area contributed by atoms with Crippen molar-refractivity contribution in [3.63, 3.8) is 0 Å². The summed E-state index contributed by atoms with van der Waals surface area (Å²) in [7, 11) is 1.51. The summed E-state index contributed by atoms with van der Waals surface area (Å²) in [5, 5.41) is 8.18. The van der Waals surface area contributed by atoms with Crippen LogP contribution in [0.4, 0.5) is 4.79 Å². The molecule has 1 aliphatic heterocycles. The van der Waals surface area contributed by atoms with Crippen LogP contribution in [0.3, 0.4) is 0 Å². The minimum absolute atomic E-state index is 0.0970. The zero-order chi connectivity index (χ0) is 24.7. The van der Waals surface area contributed by atoms with Gasteiger partial charge in [0.15, 0.2) is 5.78 Å². The smallest absolute Gasteiger partial charge is 0.315 e. The van der Waals surface area contributed by atoms with E-state index in [1.807, 2.05) is 24.3 Å². The zero-order valence-electron chi connectivity index (χ0n) is 19.9. The molecule has 1 saturated heterocycles. The quantitative estimate of drug-likeness (QED) is 0.379. The van der Waals surface area contributed by atoms with E-state index >= 15 is 0 Å². The van der Waals surface area contributed by atoms with Gasteiger partial charge in [0.2, 0.25) is 11.8 Å². The van der Waals surface area contributed by atoms with Gasteiger partial charge in [-0.05, 0) is 62.5 Å². The lowest BCUT2D eigenvalue weighted by molar-refractivity contribution is -0.141. The van der Waals surface area contributed by atoms with Gasteiger partial charge in [0.1, 0.15) is 12.1 Å². The first kappa shape index (κ1) is 25.3. The number of Topliss-reactive ketones (excluding diaryl/α,β-unsaturated/α-hetero) is 1. The molecule has 3 N–H and O–H groups in total. The minimum Gasteiger partial charge on any atom is -0.345 e. The van der Waals surface area contributed by atoms with Crippen LogP contribution < -0.4 is 16.0 Å². The standard InChI is InChI=1S/C26H34N4O4/c1-4-5-6-12-21(17(2)31)28-24(32)22-13-9-14-30(22)25(33)23(29-26(34)27-3)20-15-18-10-7-8-11-19(18)16-20/h1,7-8,10-11,20-23H,5-6,9,12-16H2,2-3H3,(H,28,32)(H2,27,29,34). The Morgan fingerprint density at radius 2 is 1.82 bits per heavy atom. The van der Waals surface area contributed by atoms with E-state index in [0.29, 0.717) is 51.5 Å². The van der Waals surface area contributed by atoms with Gasteiger partial charge in [0, 0.05) is 20.0 Å². The molecule has 0 bridgehead atoms. The Bertz CT molecular complexity index is 945. The number of terminal acetylenes is 1. The number of ketones is 1. The normalized spacial score (nSPS) is 19.0. The number of benzene rings is 1. The number of likely N-dealkylation sites (tertiary alicyclic amines) is 1. The molecule has 4 amide bonds. The molecule has 0 aromatic heterocycles. The number of nitrogens with one attached hydrogen (secondary N) is 3. The maximum Gasteiger partial charge on any atom is 0.315 e. The van der Waals surface area contributed by atoms with Crippen molar-refractivity contribution in [2.24, 2.45) is 5.92 Å². The van der Waals surface area contributed by atoms with E-state index in [1.165, 1.54) is 25.1 Å². The Labute approximate surface area is 201 Å². The predicted octanol–water partition coefficient (Wildman–Crippen LogP) is 1.57. The van der Waals surface area contributed by atoms with Crippen molar-refractivity contribution in [1.29, 1.82) is 0 Å². The molecule has 1 aromatic rings. The molecular weight excluding hydrogens is 432 g/mol. The summed E-state index contributed by atoms with van der Waals surface area (Å²) in [5.41, 5.74) is 2.35. The van der Waals surface area contributed by atoms with Gasteiger partial charge in [0.05, 0.1) is 6.04 Å². The van der Waals surface area contributed by atoms with Gasteiger partial charge in [-0.1, -0.05) is 24.3 Å². The zero-order valence-corrected chi connectivity index (χ0v) is 19.9. The first-order chi connectivity index (χ1) is 16.3. The van der Waals surface area contributed by atoms with Crippen LogP contribution in [0.1, 0.15) is 50.2 Å². The number of unbranched alkanes of at least 4 members (excludes halogenated alkanes) is 1. The third kappa shape index (κ3) is 5.96. The molecule has 1 aliphatic carbocycles.